The van der Waals surface area contributed by atoms with E-state index in [2.05, 4.69) is 96.1 Å². The summed E-state index contributed by atoms with van der Waals surface area (Å²) < 4.78 is 37.4. The zero-order chi connectivity index (χ0) is 50.9. The van der Waals surface area contributed by atoms with Crippen LogP contribution in [-0.4, -0.2) is 0 Å². The fourth-order valence-electron chi connectivity index (χ4n) is 10.6. The van der Waals surface area contributed by atoms with Gasteiger partial charge in [-0.2, -0.15) is 4.57 Å². The van der Waals surface area contributed by atoms with Gasteiger partial charge in [0.05, 0.1) is 0 Å². The molecule has 4 nitrogen and oxygen atoms in total. The van der Waals surface area contributed by atoms with Crippen molar-refractivity contribution in [2.24, 2.45) is 0 Å². The van der Waals surface area contributed by atoms with E-state index in [1.54, 1.807) is 0 Å². The normalized spacial score (nSPS) is 11.7. The second-order valence-electron chi connectivity index (χ2n) is 21.5. The summed E-state index contributed by atoms with van der Waals surface area (Å²) in [6, 6.07) is 19.4. The predicted molar refractivity (Wildman–Crippen MR) is 311 cm³/mol. The van der Waals surface area contributed by atoms with E-state index in [0.29, 0.717) is 17.2 Å². The van der Waals surface area contributed by atoms with E-state index in [4.69, 9.17) is 13.6 Å². The molecule has 0 aliphatic carbocycles. The minimum atomic E-state index is -4.32. The van der Waals surface area contributed by atoms with E-state index in [9.17, 15) is 0 Å². The number of hydrogen-bond acceptors (Lipinski definition) is 4. The molecular weight excluding hydrogens is 888 g/mol. The molecule has 71 heavy (non-hydrogen) atoms. The molecule has 0 N–H and O–H groups in total. The monoisotopic (exact) mass is 999 g/mol. The van der Waals surface area contributed by atoms with Gasteiger partial charge in [-0.1, -0.05) is 271 Å². The molecule has 0 amide bonds. The van der Waals surface area contributed by atoms with E-state index in [1.807, 2.05) is 0 Å². The molecule has 0 unspecified atom stereocenters. The minimum absolute atomic E-state index is 0.673. The smallest absolute Gasteiger partial charge is 0.386 e. The summed E-state index contributed by atoms with van der Waals surface area (Å²) in [5.74, 6) is 2.02. The van der Waals surface area contributed by atoms with Crippen LogP contribution < -0.4 is 13.6 Å². The van der Waals surface area contributed by atoms with Crippen molar-refractivity contribution in [3.63, 3.8) is 0 Å². The summed E-state index contributed by atoms with van der Waals surface area (Å²) in [4.78, 5) is 0. The van der Waals surface area contributed by atoms with Crippen LogP contribution in [0, 0.1) is 0 Å². The summed E-state index contributed by atoms with van der Waals surface area (Å²) in [7, 11) is -4.32. The Balaban J connectivity index is 2.15. The first-order chi connectivity index (χ1) is 34.9. The van der Waals surface area contributed by atoms with Gasteiger partial charge < -0.3 is 13.6 Å². The molecule has 404 valence electrons. The summed E-state index contributed by atoms with van der Waals surface area (Å²) in [6.07, 6.45) is 50.5. The Hall–Kier alpha value is -2.71. The molecule has 0 atom stereocenters. The summed E-state index contributed by atoms with van der Waals surface area (Å²) >= 11 is 0. The summed E-state index contributed by atoms with van der Waals surface area (Å²) in [5.41, 5.74) is 7.55. The molecule has 0 saturated carbocycles. The van der Waals surface area contributed by atoms with E-state index in [0.717, 1.165) is 77.0 Å². The number of rotatable bonds is 48. The van der Waals surface area contributed by atoms with Crippen LogP contribution in [0.2, 0.25) is 0 Å². The molecule has 5 heteroatoms. The van der Waals surface area contributed by atoms with Gasteiger partial charge in [0, 0.05) is 0 Å². The molecule has 3 aromatic rings. The van der Waals surface area contributed by atoms with E-state index >= 15 is 4.57 Å². The van der Waals surface area contributed by atoms with Gasteiger partial charge in [-0.3, -0.25) is 0 Å². The van der Waals surface area contributed by atoms with Crippen molar-refractivity contribution in [3.05, 3.63) is 88.0 Å². The van der Waals surface area contributed by atoms with Crippen LogP contribution in [0.15, 0.2) is 54.6 Å². The van der Waals surface area contributed by atoms with E-state index in [1.165, 1.54) is 226 Å². The number of phosphoric acid groups is 1. The quantitative estimate of drug-likeness (QED) is 0.0418. The lowest BCUT2D eigenvalue weighted by Crippen LogP contribution is -2.12. The van der Waals surface area contributed by atoms with Gasteiger partial charge >= 0.3 is 7.82 Å². The third-order valence-electron chi connectivity index (χ3n) is 15.1. The van der Waals surface area contributed by atoms with E-state index in [-0.39, 0.29) is 0 Å². The maximum Gasteiger partial charge on any atom is 0.647 e. The third-order valence-corrected chi connectivity index (χ3v) is 16.3. The maximum atomic E-state index is 16.3. The van der Waals surface area contributed by atoms with Gasteiger partial charge in [-0.15, -0.1) is 0 Å². The van der Waals surface area contributed by atoms with Gasteiger partial charge in [0.15, 0.2) is 0 Å². The molecule has 0 fully saturated rings. The molecule has 0 aliphatic heterocycles. The summed E-state index contributed by atoms with van der Waals surface area (Å²) in [5, 5.41) is 0. The lowest BCUT2D eigenvalue weighted by atomic mass is 9.95. The first-order valence-corrected chi connectivity index (χ1v) is 32.4. The fraction of sp³-hybridized carbons (Fsp3) is 0.727. The van der Waals surface area contributed by atoms with Crippen molar-refractivity contribution in [1.82, 2.24) is 0 Å². The predicted octanol–water partition coefficient (Wildman–Crippen LogP) is 22.7. The maximum absolute atomic E-state index is 16.3. The number of phosphoric ester groups is 1. The van der Waals surface area contributed by atoms with Crippen molar-refractivity contribution >= 4 is 7.82 Å². The standard InChI is InChI=1S/C66H111O4P/c1-7-13-19-25-31-37-46-58-49-43-55-64(61(58)52-40-34-28-22-16-10-4)68-71(67,69-65-56-44-50-59(47-38-32-26-20-14-8-2)62(65)53-41-35-29-23-17-11-5)70-66-57-45-51-60(48-39-33-27-21-15-9-3)63(66)54-42-36-30-24-18-12-6/h43-45,49-51,55-57H,7-42,46-48,52-54H2,1-6H3. The number of unbranched alkanes of at least 4 members (excludes halogenated alkanes) is 30. The van der Waals surface area contributed by atoms with E-state index < -0.39 is 7.82 Å². The topological polar surface area (TPSA) is 44.8 Å². The first-order valence-electron chi connectivity index (χ1n) is 30.9. The van der Waals surface area contributed by atoms with Crippen LogP contribution in [0.1, 0.15) is 306 Å². The number of benzene rings is 3. The molecule has 0 radical (unpaired) electrons. The van der Waals surface area contributed by atoms with Crippen LogP contribution in [0.4, 0.5) is 0 Å². The molecule has 0 spiro atoms. The largest absolute Gasteiger partial charge is 0.647 e. The molecule has 0 heterocycles. The second kappa shape index (κ2) is 41.6. The van der Waals surface area contributed by atoms with Crippen LogP contribution in [0.5, 0.6) is 17.2 Å². The van der Waals surface area contributed by atoms with Crippen molar-refractivity contribution in [3.8, 4) is 17.2 Å². The molecule has 3 aromatic carbocycles. The first kappa shape index (κ1) is 62.6. The highest BCUT2D eigenvalue weighted by Gasteiger charge is 2.36. The molecule has 0 aliphatic rings. The van der Waals surface area contributed by atoms with Crippen LogP contribution >= 0.6 is 7.82 Å². The van der Waals surface area contributed by atoms with Gasteiger partial charge in [0.1, 0.15) is 17.2 Å². The Kier molecular flexibility index (Phi) is 36.7. The Bertz CT molecular complexity index is 1580. The van der Waals surface area contributed by atoms with Crippen molar-refractivity contribution < 1.29 is 18.1 Å². The third kappa shape index (κ3) is 27.4. The van der Waals surface area contributed by atoms with Gasteiger partial charge in [0.2, 0.25) is 0 Å². The zero-order valence-corrected chi connectivity index (χ0v) is 48.4. The number of aryl methyl sites for hydroxylation is 3. The van der Waals surface area contributed by atoms with Crippen molar-refractivity contribution in [2.45, 2.75) is 311 Å². The Labute approximate surface area is 440 Å². The molecular formula is C66H111O4P. The van der Waals surface area contributed by atoms with Crippen LogP contribution in [0.25, 0.3) is 0 Å². The molecule has 3 rings (SSSR count). The van der Waals surface area contributed by atoms with Crippen molar-refractivity contribution in [1.29, 1.82) is 0 Å². The zero-order valence-electron chi connectivity index (χ0n) is 47.5. The Morgan fingerprint density at radius 2 is 0.465 bits per heavy atom. The minimum Gasteiger partial charge on any atom is -0.386 e. The van der Waals surface area contributed by atoms with Gasteiger partial charge in [0.25, 0.3) is 0 Å². The highest BCUT2D eigenvalue weighted by Crippen LogP contribution is 2.53. The van der Waals surface area contributed by atoms with Crippen molar-refractivity contribution in [2.75, 3.05) is 0 Å². The highest BCUT2D eigenvalue weighted by atomic mass is 31.2. The molecule has 0 aromatic heterocycles. The lowest BCUT2D eigenvalue weighted by Gasteiger charge is -2.25. The molecule has 0 saturated heterocycles. The Morgan fingerprint density at radius 1 is 0.268 bits per heavy atom. The van der Waals surface area contributed by atoms with Crippen LogP contribution in [-0.2, 0) is 43.1 Å². The Morgan fingerprint density at radius 3 is 0.690 bits per heavy atom. The van der Waals surface area contributed by atoms with Gasteiger partial charge in [-0.05, 0) is 129 Å². The SMILES string of the molecule is CCCCCCCCc1cccc(OP(=O)(Oc2cccc(CCCCCCCC)c2CCCCCCCC)Oc2cccc(CCCCCCCC)c2CCCCCCCC)c1CCCCCCCC. The lowest BCUT2D eigenvalue weighted by molar-refractivity contribution is 0.294. The average molecular weight is 1000 g/mol. The summed E-state index contributed by atoms with van der Waals surface area (Å²) in [6.45, 7) is 13.7. The van der Waals surface area contributed by atoms with Gasteiger partial charge in [-0.25, -0.2) is 0 Å². The fourth-order valence-corrected chi connectivity index (χ4v) is 11.9. The highest BCUT2D eigenvalue weighted by molar-refractivity contribution is 7.49. The number of hydrogen-bond donors (Lipinski definition) is 0. The second-order valence-corrected chi connectivity index (χ2v) is 23.0. The molecule has 0 bridgehead atoms. The van der Waals surface area contributed by atoms with Crippen LogP contribution in [0.3, 0.4) is 0 Å². The average Bonchev–Trinajstić information content (AvgIpc) is 3.37.